The molecule has 0 spiro atoms. The molecule has 0 atom stereocenters. The number of piperidine rings is 1. The SMILES string of the molecule is Fc1ccc(Cl)c(/C=C\c2n[nH]c3ncc(-c4cnn(C5CCNCC5)c4)cc23)c1Cl. The minimum absolute atomic E-state index is 0.0206. The zero-order chi connectivity index (χ0) is 21.4. The van der Waals surface area contributed by atoms with Crippen molar-refractivity contribution in [3.8, 4) is 11.1 Å². The van der Waals surface area contributed by atoms with Gasteiger partial charge in [-0.3, -0.25) is 9.78 Å². The number of aromatic amines is 1. The number of fused-ring (bicyclic) bond motifs is 1. The molecule has 0 saturated carbocycles. The van der Waals surface area contributed by atoms with E-state index in [2.05, 4.69) is 31.8 Å². The first kappa shape index (κ1) is 20.2. The van der Waals surface area contributed by atoms with Gasteiger partial charge >= 0.3 is 0 Å². The summed E-state index contributed by atoms with van der Waals surface area (Å²) in [5, 5.41) is 16.4. The number of nitrogens with one attached hydrogen (secondary N) is 2. The normalized spacial score (nSPS) is 15.3. The van der Waals surface area contributed by atoms with Crippen LogP contribution in [0.15, 0.2) is 36.8 Å². The maximum absolute atomic E-state index is 13.8. The first-order chi connectivity index (χ1) is 15.1. The van der Waals surface area contributed by atoms with Crippen molar-refractivity contribution in [2.24, 2.45) is 0 Å². The van der Waals surface area contributed by atoms with Gasteiger partial charge in [-0.05, 0) is 56.3 Å². The van der Waals surface area contributed by atoms with Crippen molar-refractivity contribution in [3.63, 3.8) is 0 Å². The maximum Gasteiger partial charge on any atom is 0.155 e. The summed E-state index contributed by atoms with van der Waals surface area (Å²) in [7, 11) is 0. The molecule has 1 fully saturated rings. The number of hydrogen-bond acceptors (Lipinski definition) is 4. The molecule has 0 aliphatic carbocycles. The first-order valence-corrected chi connectivity index (χ1v) is 10.8. The van der Waals surface area contributed by atoms with Crippen molar-refractivity contribution >= 4 is 46.4 Å². The van der Waals surface area contributed by atoms with Crippen LogP contribution in [0.4, 0.5) is 4.39 Å². The second kappa shape index (κ2) is 8.42. The fourth-order valence-corrected chi connectivity index (χ4v) is 4.32. The van der Waals surface area contributed by atoms with Gasteiger partial charge in [0.05, 0.1) is 23.0 Å². The zero-order valence-corrected chi connectivity index (χ0v) is 18.0. The van der Waals surface area contributed by atoms with Crippen molar-refractivity contribution in [1.82, 2.24) is 30.3 Å². The average Bonchev–Trinajstić information content (AvgIpc) is 3.44. The molecule has 0 radical (unpaired) electrons. The van der Waals surface area contributed by atoms with Crippen LogP contribution in [0.1, 0.15) is 30.1 Å². The quantitative estimate of drug-likeness (QED) is 0.405. The van der Waals surface area contributed by atoms with Crippen LogP contribution >= 0.6 is 23.2 Å². The molecule has 31 heavy (non-hydrogen) atoms. The summed E-state index contributed by atoms with van der Waals surface area (Å²) in [4.78, 5) is 4.49. The summed E-state index contributed by atoms with van der Waals surface area (Å²) < 4.78 is 15.8. The lowest BCUT2D eigenvalue weighted by atomic mass is 10.1. The maximum atomic E-state index is 13.8. The lowest BCUT2D eigenvalue weighted by molar-refractivity contribution is 0.343. The monoisotopic (exact) mass is 456 g/mol. The summed E-state index contributed by atoms with van der Waals surface area (Å²) >= 11 is 12.2. The van der Waals surface area contributed by atoms with E-state index < -0.39 is 5.82 Å². The van der Waals surface area contributed by atoms with Crippen LogP contribution in [-0.2, 0) is 0 Å². The smallest absolute Gasteiger partial charge is 0.155 e. The predicted molar refractivity (Wildman–Crippen MR) is 122 cm³/mol. The van der Waals surface area contributed by atoms with Crippen LogP contribution in [0.3, 0.4) is 0 Å². The predicted octanol–water partition coefficient (Wildman–Crippen LogP) is 5.36. The molecular weight excluding hydrogens is 438 g/mol. The highest BCUT2D eigenvalue weighted by atomic mass is 35.5. The van der Waals surface area contributed by atoms with Gasteiger partial charge in [0.15, 0.2) is 5.65 Å². The Balaban J connectivity index is 1.47. The Hall–Kier alpha value is -2.74. The van der Waals surface area contributed by atoms with E-state index in [0.717, 1.165) is 42.4 Å². The first-order valence-electron chi connectivity index (χ1n) is 10.0. The van der Waals surface area contributed by atoms with Crippen LogP contribution in [0, 0.1) is 5.82 Å². The molecular formula is C22H19Cl2FN6. The van der Waals surface area contributed by atoms with Crippen LogP contribution in [0.2, 0.25) is 10.0 Å². The van der Waals surface area contributed by atoms with Crippen LogP contribution in [0.25, 0.3) is 34.3 Å². The van der Waals surface area contributed by atoms with Crippen LogP contribution in [0.5, 0.6) is 0 Å². The minimum atomic E-state index is -0.521. The van der Waals surface area contributed by atoms with Gasteiger partial charge in [-0.2, -0.15) is 10.2 Å². The molecule has 1 aromatic carbocycles. The summed E-state index contributed by atoms with van der Waals surface area (Å²) in [5.74, 6) is -0.521. The molecule has 9 heteroatoms. The topological polar surface area (TPSA) is 71.4 Å². The molecule has 1 aliphatic heterocycles. The minimum Gasteiger partial charge on any atom is -0.317 e. The van der Waals surface area contributed by atoms with Gasteiger partial charge < -0.3 is 5.32 Å². The molecule has 1 aliphatic rings. The fraction of sp³-hybridized carbons (Fsp3) is 0.227. The van der Waals surface area contributed by atoms with Gasteiger partial charge in [0, 0.05) is 39.5 Å². The second-order valence-electron chi connectivity index (χ2n) is 7.51. The number of aromatic nitrogens is 5. The summed E-state index contributed by atoms with van der Waals surface area (Å²) in [6.07, 6.45) is 11.3. The highest BCUT2D eigenvalue weighted by molar-refractivity contribution is 6.37. The third kappa shape index (κ3) is 3.96. The summed E-state index contributed by atoms with van der Waals surface area (Å²) in [6.45, 7) is 2.02. The van der Waals surface area contributed by atoms with Gasteiger partial charge in [0.25, 0.3) is 0 Å². The Bertz CT molecular complexity index is 1270. The van der Waals surface area contributed by atoms with Crippen molar-refractivity contribution < 1.29 is 4.39 Å². The number of H-pyrrole nitrogens is 1. The standard InChI is InChI=1S/C22H19Cl2FN6/c23-18-2-3-19(25)21(24)16(18)1-4-20-17-9-13(10-27-22(17)30-29-20)14-11-28-31(12-14)15-5-7-26-8-6-15/h1-4,9-12,15,26H,5-8H2,(H,27,29,30)/b4-1-. The highest BCUT2D eigenvalue weighted by Crippen LogP contribution is 2.30. The van der Waals surface area contributed by atoms with E-state index in [1.807, 2.05) is 16.9 Å². The van der Waals surface area contributed by atoms with Crippen LogP contribution in [-0.4, -0.2) is 38.1 Å². The summed E-state index contributed by atoms with van der Waals surface area (Å²) in [6, 6.07) is 5.15. The van der Waals surface area contributed by atoms with Gasteiger partial charge in [-0.1, -0.05) is 23.2 Å². The van der Waals surface area contributed by atoms with Crippen LogP contribution < -0.4 is 5.32 Å². The zero-order valence-electron chi connectivity index (χ0n) is 16.4. The van der Waals surface area contributed by atoms with Crippen molar-refractivity contribution in [3.05, 3.63) is 63.9 Å². The van der Waals surface area contributed by atoms with E-state index in [1.54, 1.807) is 18.3 Å². The Kier molecular flexibility index (Phi) is 5.48. The molecule has 0 amide bonds. The molecule has 0 unspecified atom stereocenters. The largest absolute Gasteiger partial charge is 0.317 e. The van der Waals surface area contributed by atoms with Gasteiger partial charge in [-0.25, -0.2) is 9.37 Å². The molecule has 2 N–H and O–H groups in total. The Labute approximate surface area is 188 Å². The molecule has 6 nitrogen and oxygen atoms in total. The molecule has 1 saturated heterocycles. The number of rotatable bonds is 4. The summed E-state index contributed by atoms with van der Waals surface area (Å²) in [5.41, 5.74) is 3.68. The third-order valence-corrected chi connectivity index (χ3v) is 6.26. The molecule has 5 rings (SSSR count). The number of pyridine rings is 1. The third-order valence-electron chi connectivity index (χ3n) is 5.55. The number of halogens is 3. The Morgan fingerprint density at radius 2 is 1.94 bits per heavy atom. The lowest BCUT2D eigenvalue weighted by Crippen LogP contribution is -2.29. The number of hydrogen-bond donors (Lipinski definition) is 2. The molecule has 158 valence electrons. The van der Waals surface area contributed by atoms with Crippen molar-refractivity contribution in [2.75, 3.05) is 13.1 Å². The molecule has 0 bridgehead atoms. The fourth-order valence-electron chi connectivity index (χ4n) is 3.82. The van der Waals surface area contributed by atoms with Crippen molar-refractivity contribution in [2.45, 2.75) is 18.9 Å². The second-order valence-corrected chi connectivity index (χ2v) is 8.29. The van der Waals surface area contributed by atoms with E-state index in [9.17, 15) is 4.39 Å². The van der Waals surface area contributed by atoms with Gasteiger partial charge in [0.2, 0.25) is 0 Å². The number of nitrogens with zero attached hydrogens (tertiary/aromatic N) is 4. The lowest BCUT2D eigenvalue weighted by Gasteiger charge is -2.22. The highest BCUT2D eigenvalue weighted by Gasteiger charge is 2.17. The van der Waals surface area contributed by atoms with E-state index in [0.29, 0.717) is 28.0 Å². The van der Waals surface area contributed by atoms with E-state index in [4.69, 9.17) is 23.2 Å². The van der Waals surface area contributed by atoms with E-state index in [1.165, 1.54) is 12.1 Å². The van der Waals surface area contributed by atoms with Crippen molar-refractivity contribution in [1.29, 1.82) is 0 Å². The van der Waals surface area contributed by atoms with E-state index in [-0.39, 0.29) is 5.02 Å². The van der Waals surface area contributed by atoms with Gasteiger partial charge in [-0.15, -0.1) is 0 Å². The molecule has 4 aromatic rings. The molecule has 4 heterocycles. The number of benzene rings is 1. The molecule has 3 aromatic heterocycles. The van der Waals surface area contributed by atoms with Gasteiger partial charge in [0.1, 0.15) is 5.82 Å². The average molecular weight is 457 g/mol. The Morgan fingerprint density at radius 3 is 2.77 bits per heavy atom. The van der Waals surface area contributed by atoms with E-state index >= 15 is 0 Å². The Morgan fingerprint density at radius 1 is 1.10 bits per heavy atom.